The van der Waals surface area contributed by atoms with Gasteiger partial charge in [0.2, 0.25) is 0 Å². The number of esters is 1. The average molecular weight is 460 g/mol. The fourth-order valence-electron chi connectivity index (χ4n) is 4.62. The summed E-state index contributed by atoms with van der Waals surface area (Å²) in [6.45, 7) is 7.03. The Morgan fingerprint density at radius 1 is 1.18 bits per heavy atom. The number of rotatable bonds is 4. The van der Waals surface area contributed by atoms with Gasteiger partial charge in [0.05, 0.1) is 22.3 Å². The molecule has 174 valence electrons. The van der Waals surface area contributed by atoms with E-state index in [4.69, 9.17) is 13.7 Å². The second-order valence-electron chi connectivity index (χ2n) is 8.69. The van der Waals surface area contributed by atoms with Gasteiger partial charge in [-0.3, -0.25) is 4.79 Å². The van der Waals surface area contributed by atoms with Crippen LogP contribution < -0.4 is 4.90 Å². The molecule has 8 heteroatoms. The van der Waals surface area contributed by atoms with Gasteiger partial charge < -0.3 is 18.6 Å². The van der Waals surface area contributed by atoms with E-state index in [9.17, 15) is 9.59 Å². The highest BCUT2D eigenvalue weighted by Crippen LogP contribution is 2.32. The summed E-state index contributed by atoms with van der Waals surface area (Å²) in [4.78, 5) is 32.5. The molecule has 0 saturated heterocycles. The number of anilines is 1. The standard InChI is InChI=1S/C26H25N3O5/c1-14-9-10-18-7-5-6-8-22(18)29(14)23(30)13-32-26(31)20-12-21(19-11-15(2)33-17(19)4)27-25-24(20)16(3)28-34-25/h5-8,11-12,14H,9-10,13H2,1-4H3. The van der Waals surface area contributed by atoms with E-state index in [1.54, 1.807) is 17.9 Å². The molecule has 8 nitrogen and oxygen atoms in total. The number of aromatic nitrogens is 2. The summed E-state index contributed by atoms with van der Waals surface area (Å²) < 4.78 is 16.5. The van der Waals surface area contributed by atoms with Gasteiger partial charge in [0, 0.05) is 17.3 Å². The van der Waals surface area contributed by atoms with Gasteiger partial charge in [-0.1, -0.05) is 23.4 Å². The van der Waals surface area contributed by atoms with Crippen LogP contribution in [0.5, 0.6) is 0 Å². The molecule has 34 heavy (non-hydrogen) atoms. The fraction of sp³-hybridized carbons (Fsp3) is 0.308. The molecule has 4 heterocycles. The van der Waals surface area contributed by atoms with Crippen LogP contribution in [0.1, 0.15) is 46.5 Å². The van der Waals surface area contributed by atoms with Crippen LogP contribution >= 0.6 is 0 Å². The Labute approximate surface area is 196 Å². The maximum atomic E-state index is 13.2. The Hall–Kier alpha value is -3.94. The molecule has 1 atom stereocenters. The third-order valence-electron chi connectivity index (χ3n) is 6.27. The monoisotopic (exact) mass is 459 g/mol. The predicted octanol–water partition coefficient (Wildman–Crippen LogP) is 4.93. The molecule has 0 N–H and O–H groups in total. The van der Waals surface area contributed by atoms with Crippen molar-refractivity contribution in [2.24, 2.45) is 0 Å². The molecular formula is C26H25N3O5. The summed E-state index contributed by atoms with van der Waals surface area (Å²) in [5, 5.41) is 4.43. The number of hydrogen-bond acceptors (Lipinski definition) is 7. The van der Waals surface area contributed by atoms with Crippen molar-refractivity contribution < 1.29 is 23.3 Å². The second kappa shape index (κ2) is 8.44. The molecule has 0 saturated carbocycles. The van der Waals surface area contributed by atoms with Crippen LogP contribution in [0, 0.1) is 20.8 Å². The highest BCUT2D eigenvalue weighted by molar-refractivity contribution is 6.05. The second-order valence-corrected chi connectivity index (χ2v) is 8.69. The summed E-state index contributed by atoms with van der Waals surface area (Å²) in [7, 11) is 0. The predicted molar refractivity (Wildman–Crippen MR) is 126 cm³/mol. The Bertz CT molecular complexity index is 1420. The number of aryl methyl sites for hydroxylation is 4. The quantitative estimate of drug-likeness (QED) is 0.399. The molecule has 0 spiro atoms. The minimum atomic E-state index is -0.635. The first-order chi connectivity index (χ1) is 16.3. The average Bonchev–Trinajstić information content (AvgIpc) is 3.37. The Morgan fingerprint density at radius 3 is 2.74 bits per heavy atom. The van der Waals surface area contributed by atoms with E-state index < -0.39 is 5.97 Å². The third kappa shape index (κ3) is 3.75. The summed E-state index contributed by atoms with van der Waals surface area (Å²) in [5.74, 6) is 0.507. The smallest absolute Gasteiger partial charge is 0.339 e. The SMILES string of the molecule is Cc1cc(-c2cc(C(=O)OCC(=O)N3c4ccccc4CCC3C)c3c(C)noc3n2)c(C)o1. The zero-order valence-electron chi connectivity index (χ0n) is 19.5. The molecule has 4 aromatic rings. The van der Waals surface area contributed by atoms with Gasteiger partial charge in [-0.15, -0.1) is 0 Å². The number of ether oxygens (including phenoxy) is 1. The van der Waals surface area contributed by atoms with Crippen molar-refractivity contribution >= 4 is 28.7 Å². The molecule has 1 aromatic carbocycles. The molecule has 0 aliphatic carbocycles. The van der Waals surface area contributed by atoms with E-state index in [1.165, 1.54) is 0 Å². The summed E-state index contributed by atoms with van der Waals surface area (Å²) >= 11 is 0. The fourth-order valence-corrected chi connectivity index (χ4v) is 4.62. The Balaban J connectivity index is 1.43. The number of fused-ring (bicyclic) bond motifs is 2. The van der Waals surface area contributed by atoms with Crippen LogP contribution in [-0.2, 0) is 16.0 Å². The largest absolute Gasteiger partial charge is 0.466 e. The van der Waals surface area contributed by atoms with Crippen LogP contribution in [-0.4, -0.2) is 34.7 Å². The van der Waals surface area contributed by atoms with E-state index in [0.29, 0.717) is 22.5 Å². The Morgan fingerprint density at radius 2 is 1.97 bits per heavy atom. The van der Waals surface area contributed by atoms with Gasteiger partial charge in [-0.05, 0) is 64.3 Å². The van der Waals surface area contributed by atoms with Gasteiger partial charge in [-0.25, -0.2) is 9.78 Å². The number of carbonyl (C=O) groups is 2. The summed E-state index contributed by atoms with van der Waals surface area (Å²) in [6.07, 6.45) is 1.77. The van der Waals surface area contributed by atoms with E-state index in [1.807, 2.05) is 51.1 Å². The number of benzene rings is 1. The zero-order chi connectivity index (χ0) is 24.0. The molecule has 0 bridgehead atoms. The number of hydrogen-bond donors (Lipinski definition) is 0. The number of carbonyl (C=O) groups excluding carboxylic acids is 2. The molecule has 5 rings (SSSR count). The van der Waals surface area contributed by atoms with Crippen molar-refractivity contribution in [1.82, 2.24) is 10.1 Å². The van der Waals surface area contributed by atoms with Crippen molar-refractivity contribution in [1.29, 1.82) is 0 Å². The van der Waals surface area contributed by atoms with Gasteiger partial charge in [-0.2, -0.15) is 0 Å². The minimum Gasteiger partial charge on any atom is -0.466 e. The number of amides is 1. The summed E-state index contributed by atoms with van der Waals surface area (Å²) in [5.41, 5.74) is 4.24. The van der Waals surface area contributed by atoms with E-state index in [2.05, 4.69) is 10.1 Å². The van der Waals surface area contributed by atoms with Gasteiger partial charge >= 0.3 is 5.97 Å². The van der Waals surface area contributed by atoms with E-state index >= 15 is 0 Å². The van der Waals surface area contributed by atoms with E-state index in [0.717, 1.165) is 35.4 Å². The highest BCUT2D eigenvalue weighted by atomic mass is 16.5. The first-order valence-corrected chi connectivity index (χ1v) is 11.2. The molecule has 1 aliphatic rings. The number of pyridine rings is 1. The lowest BCUT2D eigenvalue weighted by molar-refractivity contribution is -0.122. The first kappa shape index (κ1) is 21.9. The van der Waals surface area contributed by atoms with Gasteiger partial charge in [0.15, 0.2) is 6.61 Å². The molecule has 1 unspecified atom stereocenters. The number of furan rings is 1. The molecular weight excluding hydrogens is 434 g/mol. The lowest BCUT2D eigenvalue weighted by Crippen LogP contribution is -2.44. The van der Waals surface area contributed by atoms with Crippen LogP contribution in [0.25, 0.3) is 22.4 Å². The Kier molecular flexibility index (Phi) is 5.43. The van der Waals surface area contributed by atoms with Crippen molar-refractivity contribution in [3.63, 3.8) is 0 Å². The lowest BCUT2D eigenvalue weighted by atomic mass is 9.96. The normalized spacial score (nSPS) is 15.4. The minimum absolute atomic E-state index is 0.0213. The van der Waals surface area contributed by atoms with Crippen LogP contribution in [0.15, 0.2) is 45.3 Å². The third-order valence-corrected chi connectivity index (χ3v) is 6.27. The molecule has 1 aliphatic heterocycles. The zero-order valence-corrected chi connectivity index (χ0v) is 19.5. The number of nitrogens with zero attached hydrogens (tertiary/aromatic N) is 3. The van der Waals surface area contributed by atoms with Crippen molar-refractivity contribution in [3.8, 4) is 11.3 Å². The summed E-state index contributed by atoms with van der Waals surface area (Å²) in [6, 6.07) is 11.3. The van der Waals surface area contributed by atoms with Crippen LogP contribution in [0.4, 0.5) is 5.69 Å². The molecule has 0 radical (unpaired) electrons. The lowest BCUT2D eigenvalue weighted by Gasteiger charge is -2.35. The maximum absolute atomic E-state index is 13.2. The topological polar surface area (TPSA) is 98.7 Å². The van der Waals surface area contributed by atoms with Crippen molar-refractivity contribution in [2.45, 2.75) is 46.6 Å². The van der Waals surface area contributed by atoms with Crippen LogP contribution in [0.2, 0.25) is 0 Å². The molecule has 1 amide bonds. The van der Waals surface area contributed by atoms with E-state index in [-0.39, 0.29) is 29.8 Å². The van der Waals surface area contributed by atoms with Crippen molar-refractivity contribution in [3.05, 3.63) is 64.7 Å². The maximum Gasteiger partial charge on any atom is 0.339 e. The number of para-hydroxylation sites is 1. The first-order valence-electron chi connectivity index (χ1n) is 11.2. The van der Waals surface area contributed by atoms with Crippen molar-refractivity contribution in [2.75, 3.05) is 11.5 Å². The highest BCUT2D eigenvalue weighted by Gasteiger charge is 2.29. The van der Waals surface area contributed by atoms with Gasteiger partial charge in [0.25, 0.3) is 11.6 Å². The van der Waals surface area contributed by atoms with Gasteiger partial charge in [0.1, 0.15) is 11.5 Å². The van der Waals surface area contributed by atoms with Crippen LogP contribution in [0.3, 0.4) is 0 Å². The molecule has 0 fully saturated rings. The molecule has 3 aromatic heterocycles.